The van der Waals surface area contributed by atoms with E-state index in [-0.39, 0.29) is 11.9 Å². The average molecular weight is 201 g/mol. The molecule has 0 saturated heterocycles. The summed E-state index contributed by atoms with van der Waals surface area (Å²) in [5.41, 5.74) is 2.19. The lowest BCUT2D eigenvalue weighted by Gasteiger charge is -2.32. The van der Waals surface area contributed by atoms with E-state index in [0.717, 1.165) is 6.54 Å². The normalized spacial score (nSPS) is 13.8. The van der Waals surface area contributed by atoms with Gasteiger partial charge in [0.15, 0.2) is 0 Å². The first-order chi connectivity index (χ1) is 6.40. The van der Waals surface area contributed by atoms with Gasteiger partial charge in [-0.1, -0.05) is 13.8 Å². The Balaban J connectivity index is 4.40. The van der Waals surface area contributed by atoms with Gasteiger partial charge < -0.3 is 0 Å². The maximum absolute atomic E-state index is 11.4. The molecule has 4 nitrogen and oxygen atoms in total. The molecular weight excluding hydrogens is 178 g/mol. The minimum Gasteiger partial charge on any atom is -0.293 e. The highest BCUT2D eigenvalue weighted by Crippen LogP contribution is 2.09. The second-order valence-corrected chi connectivity index (χ2v) is 4.37. The first kappa shape index (κ1) is 13.4. The van der Waals surface area contributed by atoms with Crippen LogP contribution in [0.25, 0.3) is 0 Å². The fourth-order valence-corrected chi connectivity index (χ4v) is 1.51. The van der Waals surface area contributed by atoms with E-state index in [9.17, 15) is 4.79 Å². The summed E-state index contributed by atoms with van der Waals surface area (Å²) in [5, 5.41) is 0. The van der Waals surface area contributed by atoms with E-state index in [0.29, 0.717) is 12.0 Å². The Bertz CT molecular complexity index is 180. The second-order valence-electron chi connectivity index (χ2n) is 4.37. The van der Waals surface area contributed by atoms with Gasteiger partial charge in [0.25, 0.3) is 5.91 Å². The predicted molar refractivity (Wildman–Crippen MR) is 58.5 cm³/mol. The molecule has 0 spiro atoms. The third-order valence-electron chi connectivity index (χ3n) is 2.26. The SMILES string of the molecule is CC(C)CN(C(C)C)C(C)C(=O)NN. The van der Waals surface area contributed by atoms with Crippen LogP contribution < -0.4 is 11.3 Å². The van der Waals surface area contributed by atoms with Crippen LogP contribution >= 0.6 is 0 Å². The molecule has 14 heavy (non-hydrogen) atoms. The van der Waals surface area contributed by atoms with Crippen LogP contribution in [0.3, 0.4) is 0 Å². The van der Waals surface area contributed by atoms with Crippen LogP contribution in [0.4, 0.5) is 0 Å². The van der Waals surface area contributed by atoms with E-state index in [2.05, 4.69) is 38.0 Å². The molecule has 84 valence electrons. The summed E-state index contributed by atoms with van der Waals surface area (Å²) in [6.07, 6.45) is 0. The molecule has 0 rings (SSSR count). The fourth-order valence-electron chi connectivity index (χ4n) is 1.51. The molecule has 0 aliphatic heterocycles. The molecule has 0 bridgehead atoms. The molecule has 0 aliphatic carbocycles. The lowest BCUT2D eigenvalue weighted by molar-refractivity contribution is -0.126. The van der Waals surface area contributed by atoms with Crippen LogP contribution in [0.5, 0.6) is 0 Å². The van der Waals surface area contributed by atoms with E-state index in [1.165, 1.54) is 0 Å². The number of carbonyl (C=O) groups is 1. The van der Waals surface area contributed by atoms with Crippen LogP contribution in [-0.4, -0.2) is 29.4 Å². The summed E-state index contributed by atoms with van der Waals surface area (Å²) in [7, 11) is 0. The van der Waals surface area contributed by atoms with Crippen molar-refractivity contribution in [3.63, 3.8) is 0 Å². The van der Waals surface area contributed by atoms with Crippen LogP contribution in [0.15, 0.2) is 0 Å². The molecule has 0 aromatic heterocycles. The minimum atomic E-state index is -0.164. The minimum absolute atomic E-state index is 0.126. The summed E-state index contributed by atoms with van der Waals surface area (Å²) in [6.45, 7) is 11.2. The summed E-state index contributed by atoms with van der Waals surface area (Å²) in [4.78, 5) is 13.5. The van der Waals surface area contributed by atoms with E-state index < -0.39 is 0 Å². The Kier molecular flexibility index (Phi) is 5.72. The first-order valence-electron chi connectivity index (χ1n) is 5.16. The van der Waals surface area contributed by atoms with Gasteiger partial charge in [-0.3, -0.25) is 15.1 Å². The number of amides is 1. The molecule has 0 heterocycles. The Morgan fingerprint density at radius 3 is 2.07 bits per heavy atom. The molecule has 3 N–H and O–H groups in total. The smallest absolute Gasteiger partial charge is 0.250 e. The number of hydrogen-bond acceptors (Lipinski definition) is 3. The van der Waals surface area contributed by atoms with E-state index in [4.69, 9.17) is 5.84 Å². The van der Waals surface area contributed by atoms with Crippen molar-refractivity contribution in [2.75, 3.05) is 6.54 Å². The Hall–Kier alpha value is -0.610. The lowest BCUT2D eigenvalue weighted by Crippen LogP contribution is -2.51. The zero-order valence-electron chi connectivity index (χ0n) is 9.87. The van der Waals surface area contributed by atoms with Crippen molar-refractivity contribution >= 4 is 5.91 Å². The van der Waals surface area contributed by atoms with Gasteiger partial charge >= 0.3 is 0 Å². The summed E-state index contributed by atoms with van der Waals surface area (Å²) in [5.74, 6) is 5.54. The van der Waals surface area contributed by atoms with Crippen LogP contribution in [0, 0.1) is 5.92 Å². The summed E-state index contributed by atoms with van der Waals surface area (Å²) in [6, 6.07) is 0.187. The van der Waals surface area contributed by atoms with Gasteiger partial charge in [0.1, 0.15) is 0 Å². The van der Waals surface area contributed by atoms with Gasteiger partial charge in [0.05, 0.1) is 6.04 Å². The second kappa shape index (κ2) is 5.98. The predicted octanol–water partition coefficient (Wildman–Crippen LogP) is 0.731. The quantitative estimate of drug-likeness (QED) is 0.392. The molecule has 0 saturated carbocycles. The average Bonchev–Trinajstić information content (AvgIpc) is 2.11. The maximum atomic E-state index is 11.4. The van der Waals surface area contributed by atoms with Gasteiger partial charge in [-0.15, -0.1) is 0 Å². The van der Waals surface area contributed by atoms with Crippen molar-refractivity contribution in [2.45, 2.75) is 46.7 Å². The molecule has 4 heteroatoms. The molecule has 0 fully saturated rings. The van der Waals surface area contributed by atoms with Crippen molar-refractivity contribution in [3.05, 3.63) is 0 Å². The van der Waals surface area contributed by atoms with Gasteiger partial charge in [-0.2, -0.15) is 0 Å². The number of nitrogens with zero attached hydrogens (tertiary/aromatic N) is 1. The molecule has 1 unspecified atom stereocenters. The largest absolute Gasteiger partial charge is 0.293 e. The number of hydrazine groups is 1. The molecule has 1 atom stereocenters. The van der Waals surface area contributed by atoms with E-state index in [1.54, 1.807) is 0 Å². The fraction of sp³-hybridized carbons (Fsp3) is 0.900. The number of carbonyl (C=O) groups excluding carboxylic acids is 1. The number of nitrogens with two attached hydrogens (primary N) is 1. The highest BCUT2D eigenvalue weighted by atomic mass is 16.2. The van der Waals surface area contributed by atoms with Crippen molar-refractivity contribution < 1.29 is 4.79 Å². The Labute approximate surface area is 86.8 Å². The Morgan fingerprint density at radius 2 is 1.79 bits per heavy atom. The van der Waals surface area contributed by atoms with Gasteiger partial charge in [-0.25, -0.2) is 5.84 Å². The molecular formula is C10H23N3O. The van der Waals surface area contributed by atoms with Crippen LogP contribution in [-0.2, 0) is 4.79 Å². The highest BCUT2D eigenvalue weighted by molar-refractivity contribution is 5.80. The van der Waals surface area contributed by atoms with Crippen molar-refractivity contribution in [3.8, 4) is 0 Å². The molecule has 0 aromatic rings. The Morgan fingerprint density at radius 1 is 1.29 bits per heavy atom. The summed E-state index contributed by atoms with van der Waals surface area (Å²) >= 11 is 0. The molecule has 1 amide bonds. The van der Waals surface area contributed by atoms with E-state index in [1.807, 2.05) is 6.92 Å². The number of hydrogen-bond donors (Lipinski definition) is 2. The molecule has 0 radical (unpaired) electrons. The van der Waals surface area contributed by atoms with E-state index >= 15 is 0 Å². The zero-order valence-corrected chi connectivity index (χ0v) is 9.87. The van der Waals surface area contributed by atoms with Gasteiger partial charge in [0.2, 0.25) is 0 Å². The third kappa shape index (κ3) is 4.07. The monoisotopic (exact) mass is 201 g/mol. The standard InChI is InChI=1S/C10H23N3O/c1-7(2)6-13(8(3)4)9(5)10(14)12-11/h7-9H,6,11H2,1-5H3,(H,12,14). The van der Waals surface area contributed by atoms with Crippen molar-refractivity contribution in [1.29, 1.82) is 0 Å². The zero-order chi connectivity index (χ0) is 11.3. The van der Waals surface area contributed by atoms with Gasteiger partial charge in [0, 0.05) is 12.6 Å². The summed E-state index contributed by atoms with van der Waals surface area (Å²) < 4.78 is 0. The van der Waals surface area contributed by atoms with Gasteiger partial charge in [-0.05, 0) is 26.7 Å². The molecule has 0 aromatic carbocycles. The van der Waals surface area contributed by atoms with Crippen LogP contribution in [0.1, 0.15) is 34.6 Å². The van der Waals surface area contributed by atoms with Crippen molar-refractivity contribution in [2.24, 2.45) is 11.8 Å². The lowest BCUT2D eigenvalue weighted by atomic mass is 10.1. The van der Waals surface area contributed by atoms with Crippen molar-refractivity contribution in [1.82, 2.24) is 10.3 Å². The molecule has 0 aliphatic rings. The first-order valence-corrected chi connectivity index (χ1v) is 5.16. The third-order valence-corrected chi connectivity index (χ3v) is 2.26. The topological polar surface area (TPSA) is 58.4 Å². The van der Waals surface area contributed by atoms with Crippen LogP contribution in [0.2, 0.25) is 0 Å². The number of rotatable bonds is 5. The number of nitrogens with one attached hydrogen (secondary N) is 1. The highest BCUT2D eigenvalue weighted by Gasteiger charge is 2.23. The maximum Gasteiger partial charge on any atom is 0.250 e.